The number of hydrogen-bond acceptors (Lipinski definition) is 5. The normalized spacial score (nSPS) is 10.1. The van der Waals surface area contributed by atoms with Crippen molar-refractivity contribution < 1.29 is 19.1 Å². The number of methoxy groups -OCH3 is 1. The van der Waals surface area contributed by atoms with Gasteiger partial charge < -0.3 is 19.7 Å². The summed E-state index contributed by atoms with van der Waals surface area (Å²) in [5.74, 6) is 0.368. The Bertz CT molecular complexity index is 832. The molecule has 0 aromatic heterocycles. The van der Waals surface area contributed by atoms with Crippen molar-refractivity contribution in [2.45, 2.75) is 25.8 Å². The van der Waals surface area contributed by atoms with Gasteiger partial charge in [0.15, 0.2) is 0 Å². The fraction of sp³-hybridized carbons (Fsp3) is 0.348. The van der Waals surface area contributed by atoms with Gasteiger partial charge in [-0.1, -0.05) is 30.3 Å². The van der Waals surface area contributed by atoms with Gasteiger partial charge in [0.2, 0.25) is 11.8 Å². The number of nitrogens with zero attached hydrogens (tertiary/aromatic N) is 2. The second-order valence-corrected chi connectivity index (χ2v) is 6.55. The lowest BCUT2D eigenvalue weighted by atomic mass is 10.2. The van der Waals surface area contributed by atoms with Gasteiger partial charge in [-0.2, -0.15) is 5.26 Å². The molecule has 0 aliphatic heterocycles. The molecule has 0 heterocycles. The highest BCUT2D eigenvalue weighted by Gasteiger charge is 2.16. The van der Waals surface area contributed by atoms with Crippen molar-refractivity contribution in [2.75, 3.05) is 31.8 Å². The van der Waals surface area contributed by atoms with Crippen LogP contribution < -0.4 is 15.0 Å². The van der Waals surface area contributed by atoms with Crippen LogP contribution in [0.5, 0.6) is 5.75 Å². The molecule has 2 rings (SSSR count). The van der Waals surface area contributed by atoms with Crippen LogP contribution in [-0.4, -0.2) is 38.7 Å². The van der Waals surface area contributed by atoms with Crippen LogP contribution in [-0.2, 0) is 20.9 Å². The number of rotatable bonds is 12. The maximum Gasteiger partial charge on any atom is 0.227 e. The standard InChI is InChI=1S/C23H27N3O4/c1-29-16-17-30-21-10-8-19(9-11-21)18-25-22(27)12-13-23(28)26(15-5-14-24)20-6-3-2-4-7-20/h2-4,6-11H,5,12-13,15-18H2,1H3,(H,25,27). The fourth-order valence-electron chi connectivity index (χ4n) is 2.76. The number of carbonyl (C=O) groups is 2. The van der Waals surface area contributed by atoms with Crippen molar-refractivity contribution in [3.8, 4) is 11.8 Å². The van der Waals surface area contributed by atoms with E-state index in [1.54, 1.807) is 12.0 Å². The molecule has 30 heavy (non-hydrogen) atoms. The van der Waals surface area contributed by atoms with Gasteiger partial charge in [0.05, 0.1) is 19.1 Å². The minimum absolute atomic E-state index is 0.0818. The fourth-order valence-corrected chi connectivity index (χ4v) is 2.76. The summed E-state index contributed by atoms with van der Waals surface area (Å²) in [7, 11) is 1.62. The summed E-state index contributed by atoms with van der Waals surface area (Å²) in [6, 6.07) is 18.7. The van der Waals surface area contributed by atoms with Crippen LogP contribution in [0.2, 0.25) is 0 Å². The minimum Gasteiger partial charge on any atom is -0.491 e. The zero-order valence-electron chi connectivity index (χ0n) is 17.2. The number of nitrogens with one attached hydrogen (secondary N) is 1. The van der Waals surface area contributed by atoms with Gasteiger partial charge in [-0.3, -0.25) is 9.59 Å². The van der Waals surface area contributed by atoms with Crippen molar-refractivity contribution in [1.29, 1.82) is 5.26 Å². The summed E-state index contributed by atoms with van der Waals surface area (Å²) >= 11 is 0. The number of para-hydroxylation sites is 1. The molecule has 0 saturated heterocycles. The van der Waals surface area contributed by atoms with E-state index in [0.717, 1.165) is 17.0 Å². The molecule has 1 N–H and O–H groups in total. The van der Waals surface area contributed by atoms with Crippen LogP contribution in [0.3, 0.4) is 0 Å². The second kappa shape index (κ2) is 13.0. The minimum atomic E-state index is -0.197. The predicted molar refractivity (Wildman–Crippen MR) is 114 cm³/mol. The Morgan fingerprint density at radius 3 is 2.43 bits per heavy atom. The molecule has 0 radical (unpaired) electrons. The average molecular weight is 409 g/mol. The number of ether oxygens (including phenoxy) is 2. The maximum atomic E-state index is 12.6. The third-order valence-electron chi connectivity index (χ3n) is 4.35. The quantitative estimate of drug-likeness (QED) is 0.544. The molecule has 0 saturated carbocycles. The van der Waals surface area contributed by atoms with Crippen molar-refractivity contribution in [3.05, 3.63) is 60.2 Å². The number of carbonyl (C=O) groups excluding carboxylic acids is 2. The van der Waals surface area contributed by atoms with Crippen molar-refractivity contribution in [2.24, 2.45) is 0 Å². The zero-order valence-corrected chi connectivity index (χ0v) is 17.2. The summed E-state index contributed by atoms with van der Waals surface area (Å²) in [6.45, 7) is 1.69. The first-order chi connectivity index (χ1) is 14.6. The Morgan fingerprint density at radius 1 is 1.03 bits per heavy atom. The lowest BCUT2D eigenvalue weighted by Gasteiger charge is -2.21. The van der Waals surface area contributed by atoms with Crippen LogP contribution in [0.4, 0.5) is 5.69 Å². The number of nitriles is 1. The molecule has 0 aliphatic carbocycles. The molecular formula is C23H27N3O4. The largest absolute Gasteiger partial charge is 0.491 e. The molecule has 7 heteroatoms. The topological polar surface area (TPSA) is 91.7 Å². The molecule has 2 aromatic rings. The third kappa shape index (κ3) is 7.94. The molecule has 2 aromatic carbocycles. The number of benzene rings is 2. The molecule has 2 amide bonds. The van der Waals surface area contributed by atoms with E-state index < -0.39 is 0 Å². The predicted octanol–water partition coefficient (Wildman–Crippen LogP) is 3.06. The molecule has 0 fully saturated rings. The van der Waals surface area contributed by atoms with Gasteiger partial charge in [-0.15, -0.1) is 0 Å². The van der Waals surface area contributed by atoms with E-state index in [-0.39, 0.29) is 31.1 Å². The molecule has 0 spiro atoms. The summed E-state index contributed by atoms with van der Waals surface area (Å²) < 4.78 is 10.4. The Kier molecular flexibility index (Phi) is 9.90. The van der Waals surface area contributed by atoms with Crippen molar-refractivity contribution in [3.63, 3.8) is 0 Å². The van der Waals surface area contributed by atoms with E-state index in [0.29, 0.717) is 26.3 Å². The van der Waals surface area contributed by atoms with Crippen LogP contribution >= 0.6 is 0 Å². The summed E-state index contributed by atoms with van der Waals surface area (Å²) in [5.41, 5.74) is 1.67. The van der Waals surface area contributed by atoms with Gasteiger partial charge in [-0.05, 0) is 29.8 Å². The highest BCUT2D eigenvalue weighted by atomic mass is 16.5. The first kappa shape index (κ1) is 22.9. The Labute approximate surface area is 177 Å². The number of amides is 2. The maximum absolute atomic E-state index is 12.6. The van der Waals surface area contributed by atoms with Crippen molar-refractivity contribution >= 4 is 17.5 Å². The van der Waals surface area contributed by atoms with Gasteiger partial charge in [-0.25, -0.2) is 0 Å². The molecule has 0 aliphatic rings. The van der Waals surface area contributed by atoms with Gasteiger partial charge in [0.1, 0.15) is 12.4 Å². The molecule has 0 atom stereocenters. The number of hydrogen-bond donors (Lipinski definition) is 1. The summed E-state index contributed by atoms with van der Waals surface area (Å²) in [6.07, 6.45) is 0.406. The van der Waals surface area contributed by atoms with Crippen molar-refractivity contribution in [1.82, 2.24) is 5.32 Å². The highest BCUT2D eigenvalue weighted by Crippen LogP contribution is 2.16. The summed E-state index contributed by atoms with van der Waals surface area (Å²) in [4.78, 5) is 26.3. The average Bonchev–Trinajstić information content (AvgIpc) is 2.78. The third-order valence-corrected chi connectivity index (χ3v) is 4.35. The lowest BCUT2D eigenvalue weighted by molar-refractivity contribution is -0.125. The first-order valence-corrected chi connectivity index (χ1v) is 9.83. The molecule has 158 valence electrons. The Hall–Kier alpha value is -3.37. The highest BCUT2D eigenvalue weighted by molar-refractivity contribution is 5.95. The molecular weight excluding hydrogens is 382 g/mol. The monoisotopic (exact) mass is 409 g/mol. The Balaban J connectivity index is 1.78. The second-order valence-electron chi connectivity index (χ2n) is 6.55. The summed E-state index contributed by atoms with van der Waals surface area (Å²) in [5, 5.41) is 11.7. The number of anilines is 1. The smallest absolute Gasteiger partial charge is 0.227 e. The van der Waals surface area contributed by atoms with E-state index in [1.807, 2.05) is 54.6 Å². The van der Waals surface area contributed by atoms with Crippen LogP contribution in [0.1, 0.15) is 24.8 Å². The lowest BCUT2D eigenvalue weighted by Crippen LogP contribution is -2.33. The molecule has 0 bridgehead atoms. The van der Waals surface area contributed by atoms with E-state index in [1.165, 1.54) is 0 Å². The van der Waals surface area contributed by atoms with E-state index in [2.05, 4.69) is 11.4 Å². The van der Waals surface area contributed by atoms with Crippen LogP contribution in [0.15, 0.2) is 54.6 Å². The first-order valence-electron chi connectivity index (χ1n) is 9.83. The van der Waals surface area contributed by atoms with Gasteiger partial charge >= 0.3 is 0 Å². The Morgan fingerprint density at radius 2 is 1.77 bits per heavy atom. The van der Waals surface area contributed by atoms with Gasteiger partial charge in [0.25, 0.3) is 0 Å². The van der Waals surface area contributed by atoms with E-state index in [4.69, 9.17) is 14.7 Å². The van der Waals surface area contributed by atoms with E-state index >= 15 is 0 Å². The molecule has 0 unspecified atom stereocenters. The van der Waals surface area contributed by atoms with Gasteiger partial charge in [0, 0.05) is 38.7 Å². The van der Waals surface area contributed by atoms with E-state index in [9.17, 15) is 9.59 Å². The zero-order chi connectivity index (χ0) is 21.6. The molecule has 7 nitrogen and oxygen atoms in total. The van der Waals surface area contributed by atoms with Crippen LogP contribution in [0.25, 0.3) is 0 Å². The SMILES string of the molecule is COCCOc1ccc(CNC(=O)CCC(=O)N(CCC#N)c2ccccc2)cc1. The van der Waals surface area contributed by atoms with Crippen LogP contribution in [0, 0.1) is 11.3 Å².